The van der Waals surface area contributed by atoms with E-state index in [1.807, 2.05) is 12.1 Å². The SMILES string of the molecule is CCC(CC)NCc1cc(OC)c(OC)cc1OC. The monoisotopic (exact) mass is 267 g/mol. The van der Waals surface area contributed by atoms with Gasteiger partial charge in [-0.15, -0.1) is 0 Å². The van der Waals surface area contributed by atoms with Crippen molar-refractivity contribution in [2.24, 2.45) is 0 Å². The number of hydrogen-bond donors (Lipinski definition) is 1. The van der Waals surface area contributed by atoms with E-state index in [0.29, 0.717) is 11.8 Å². The van der Waals surface area contributed by atoms with E-state index in [9.17, 15) is 0 Å². The molecule has 0 aromatic heterocycles. The fraction of sp³-hybridized carbons (Fsp3) is 0.600. The molecule has 0 aliphatic rings. The lowest BCUT2D eigenvalue weighted by molar-refractivity contribution is 0.346. The molecule has 0 aliphatic heterocycles. The molecule has 0 heterocycles. The van der Waals surface area contributed by atoms with Crippen LogP contribution in [-0.4, -0.2) is 27.4 Å². The summed E-state index contributed by atoms with van der Waals surface area (Å²) in [6.07, 6.45) is 2.23. The summed E-state index contributed by atoms with van der Waals surface area (Å²) in [5, 5.41) is 3.52. The zero-order valence-electron chi connectivity index (χ0n) is 12.6. The van der Waals surface area contributed by atoms with Crippen LogP contribution in [0.25, 0.3) is 0 Å². The average Bonchev–Trinajstić information content (AvgIpc) is 2.47. The van der Waals surface area contributed by atoms with Gasteiger partial charge in [0.15, 0.2) is 11.5 Å². The predicted octanol–water partition coefficient (Wildman–Crippen LogP) is 2.99. The van der Waals surface area contributed by atoms with Crippen molar-refractivity contribution in [2.75, 3.05) is 21.3 Å². The van der Waals surface area contributed by atoms with Gasteiger partial charge in [0, 0.05) is 24.2 Å². The maximum atomic E-state index is 5.41. The van der Waals surface area contributed by atoms with Gasteiger partial charge in [-0.2, -0.15) is 0 Å². The Morgan fingerprint density at radius 2 is 1.42 bits per heavy atom. The first kappa shape index (κ1) is 15.6. The van der Waals surface area contributed by atoms with Crippen LogP contribution in [0.2, 0.25) is 0 Å². The quantitative estimate of drug-likeness (QED) is 0.786. The van der Waals surface area contributed by atoms with Crippen LogP contribution in [0, 0.1) is 0 Å². The standard InChI is InChI=1S/C15H25NO3/c1-6-12(7-2)16-10-11-8-14(18-4)15(19-5)9-13(11)17-3/h8-9,12,16H,6-7,10H2,1-5H3. The first-order chi connectivity index (χ1) is 9.19. The summed E-state index contributed by atoms with van der Waals surface area (Å²) >= 11 is 0. The van der Waals surface area contributed by atoms with Gasteiger partial charge in [-0.25, -0.2) is 0 Å². The highest BCUT2D eigenvalue weighted by molar-refractivity contribution is 5.50. The van der Waals surface area contributed by atoms with Gasteiger partial charge in [-0.3, -0.25) is 0 Å². The van der Waals surface area contributed by atoms with Crippen molar-refractivity contribution in [1.82, 2.24) is 5.32 Å². The lowest BCUT2D eigenvalue weighted by Crippen LogP contribution is -2.27. The third kappa shape index (κ3) is 4.03. The zero-order chi connectivity index (χ0) is 14.3. The van der Waals surface area contributed by atoms with E-state index in [4.69, 9.17) is 14.2 Å². The highest BCUT2D eigenvalue weighted by Gasteiger charge is 2.12. The van der Waals surface area contributed by atoms with Crippen LogP contribution in [0.3, 0.4) is 0 Å². The third-order valence-electron chi connectivity index (χ3n) is 3.35. The predicted molar refractivity (Wildman–Crippen MR) is 77.3 cm³/mol. The fourth-order valence-electron chi connectivity index (χ4n) is 2.06. The van der Waals surface area contributed by atoms with E-state index >= 15 is 0 Å². The third-order valence-corrected chi connectivity index (χ3v) is 3.35. The molecule has 4 nitrogen and oxygen atoms in total. The molecule has 0 radical (unpaired) electrons. The molecule has 0 saturated heterocycles. The molecule has 0 unspecified atom stereocenters. The molecule has 0 spiro atoms. The molecule has 19 heavy (non-hydrogen) atoms. The molecule has 1 aromatic rings. The molecule has 1 N–H and O–H groups in total. The molecule has 0 fully saturated rings. The Kier molecular flexibility index (Phi) is 6.50. The summed E-state index contributed by atoms with van der Waals surface area (Å²) in [5.74, 6) is 2.23. The van der Waals surface area contributed by atoms with Gasteiger partial charge >= 0.3 is 0 Å². The second-order valence-electron chi connectivity index (χ2n) is 4.41. The van der Waals surface area contributed by atoms with Crippen LogP contribution in [0.1, 0.15) is 32.3 Å². The van der Waals surface area contributed by atoms with Crippen molar-refractivity contribution in [3.8, 4) is 17.2 Å². The van der Waals surface area contributed by atoms with Gasteiger partial charge < -0.3 is 19.5 Å². The van der Waals surface area contributed by atoms with Crippen molar-refractivity contribution in [3.05, 3.63) is 17.7 Å². The van der Waals surface area contributed by atoms with Crippen molar-refractivity contribution >= 4 is 0 Å². The van der Waals surface area contributed by atoms with Crippen LogP contribution in [-0.2, 0) is 6.54 Å². The van der Waals surface area contributed by atoms with Crippen LogP contribution >= 0.6 is 0 Å². The average molecular weight is 267 g/mol. The first-order valence-corrected chi connectivity index (χ1v) is 6.72. The summed E-state index contributed by atoms with van der Waals surface area (Å²) in [5.41, 5.74) is 1.08. The van der Waals surface area contributed by atoms with E-state index < -0.39 is 0 Å². The minimum atomic E-state index is 0.526. The lowest BCUT2D eigenvalue weighted by Gasteiger charge is -2.18. The van der Waals surface area contributed by atoms with E-state index in [1.54, 1.807) is 21.3 Å². The summed E-state index contributed by atoms with van der Waals surface area (Å²) in [6, 6.07) is 4.35. The van der Waals surface area contributed by atoms with E-state index in [0.717, 1.165) is 36.4 Å². The smallest absolute Gasteiger partial charge is 0.164 e. The first-order valence-electron chi connectivity index (χ1n) is 6.72. The minimum absolute atomic E-state index is 0.526. The molecule has 108 valence electrons. The topological polar surface area (TPSA) is 39.7 Å². The Morgan fingerprint density at radius 3 is 1.89 bits per heavy atom. The summed E-state index contributed by atoms with van der Waals surface area (Å²) in [6.45, 7) is 5.13. The highest BCUT2D eigenvalue weighted by atomic mass is 16.5. The molecule has 0 atom stereocenters. The van der Waals surface area contributed by atoms with E-state index in [-0.39, 0.29) is 0 Å². The maximum Gasteiger partial charge on any atom is 0.164 e. The van der Waals surface area contributed by atoms with Crippen molar-refractivity contribution in [2.45, 2.75) is 39.3 Å². The van der Waals surface area contributed by atoms with Crippen LogP contribution in [0.5, 0.6) is 17.2 Å². The van der Waals surface area contributed by atoms with E-state index in [1.165, 1.54) is 0 Å². The molecule has 1 aromatic carbocycles. The van der Waals surface area contributed by atoms with Crippen LogP contribution in [0.15, 0.2) is 12.1 Å². The molecule has 0 aliphatic carbocycles. The number of ether oxygens (including phenoxy) is 3. The summed E-state index contributed by atoms with van der Waals surface area (Å²) in [7, 11) is 4.93. The van der Waals surface area contributed by atoms with Crippen molar-refractivity contribution < 1.29 is 14.2 Å². The number of methoxy groups -OCH3 is 3. The molecule has 0 saturated carbocycles. The van der Waals surface area contributed by atoms with Gasteiger partial charge in [0.25, 0.3) is 0 Å². The Hall–Kier alpha value is -1.42. The number of nitrogens with one attached hydrogen (secondary N) is 1. The van der Waals surface area contributed by atoms with E-state index in [2.05, 4.69) is 19.2 Å². The Labute approximate surface area is 116 Å². The second-order valence-corrected chi connectivity index (χ2v) is 4.41. The van der Waals surface area contributed by atoms with Gasteiger partial charge in [0.1, 0.15) is 5.75 Å². The zero-order valence-corrected chi connectivity index (χ0v) is 12.6. The number of benzene rings is 1. The van der Waals surface area contributed by atoms with Crippen LogP contribution in [0.4, 0.5) is 0 Å². The van der Waals surface area contributed by atoms with Gasteiger partial charge in [-0.1, -0.05) is 13.8 Å². The lowest BCUT2D eigenvalue weighted by atomic mass is 10.1. The van der Waals surface area contributed by atoms with Gasteiger partial charge in [-0.05, 0) is 18.9 Å². The minimum Gasteiger partial charge on any atom is -0.496 e. The molecule has 1 rings (SSSR count). The molecule has 0 bridgehead atoms. The Bertz CT molecular complexity index is 389. The fourth-order valence-corrected chi connectivity index (χ4v) is 2.06. The number of hydrogen-bond acceptors (Lipinski definition) is 4. The van der Waals surface area contributed by atoms with Crippen molar-refractivity contribution in [1.29, 1.82) is 0 Å². The van der Waals surface area contributed by atoms with Gasteiger partial charge in [0.2, 0.25) is 0 Å². The molecule has 4 heteroatoms. The molecular weight excluding hydrogens is 242 g/mol. The second kappa shape index (κ2) is 7.89. The highest BCUT2D eigenvalue weighted by Crippen LogP contribution is 2.34. The summed E-state index contributed by atoms with van der Waals surface area (Å²) < 4.78 is 16.0. The number of rotatable bonds is 8. The largest absolute Gasteiger partial charge is 0.496 e. The molecular formula is C15H25NO3. The van der Waals surface area contributed by atoms with Crippen molar-refractivity contribution in [3.63, 3.8) is 0 Å². The van der Waals surface area contributed by atoms with Crippen LogP contribution < -0.4 is 19.5 Å². The normalized spacial score (nSPS) is 10.6. The Balaban J connectivity index is 2.92. The maximum absolute atomic E-state index is 5.41. The molecule has 0 amide bonds. The Morgan fingerprint density at radius 1 is 0.895 bits per heavy atom. The van der Waals surface area contributed by atoms with Gasteiger partial charge in [0.05, 0.1) is 21.3 Å². The summed E-state index contributed by atoms with van der Waals surface area (Å²) in [4.78, 5) is 0.